The van der Waals surface area contributed by atoms with Gasteiger partial charge in [0.15, 0.2) is 0 Å². The summed E-state index contributed by atoms with van der Waals surface area (Å²) >= 11 is 0. The summed E-state index contributed by atoms with van der Waals surface area (Å²) < 4.78 is 13.8. The van der Waals surface area contributed by atoms with Crippen molar-refractivity contribution in [1.82, 2.24) is 0 Å². The van der Waals surface area contributed by atoms with Crippen LogP contribution in [0.25, 0.3) is 0 Å². The molecule has 18 heavy (non-hydrogen) atoms. The van der Waals surface area contributed by atoms with E-state index in [1.807, 2.05) is 19.1 Å². The number of rotatable bonds is 5. The fourth-order valence-electron chi connectivity index (χ4n) is 2.97. The lowest BCUT2D eigenvalue weighted by atomic mass is 9.86. The zero-order valence-corrected chi connectivity index (χ0v) is 11.0. The molecule has 0 aliphatic heterocycles. The zero-order valence-electron chi connectivity index (χ0n) is 11.0. The number of hydrogen-bond donors (Lipinski definition) is 1. The molecule has 0 bridgehead atoms. The van der Waals surface area contributed by atoms with Crippen molar-refractivity contribution in [2.45, 2.75) is 32.6 Å². The fraction of sp³-hybridized carbons (Fsp3) is 0.600. The number of aliphatic hydroxyl groups is 1. The van der Waals surface area contributed by atoms with E-state index in [1.165, 1.54) is 18.9 Å². The molecule has 0 radical (unpaired) electrons. The smallest absolute Gasteiger partial charge is 0.146 e. The normalized spacial score (nSPS) is 17.9. The summed E-state index contributed by atoms with van der Waals surface area (Å²) in [5.74, 6) is -0.176. The van der Waals surface area contributed by atoms with E-state index < -0.39 is 0 Å². The van der Waals surface area contributed by atoms with Crippen molar-refractivity contribution in [2.24, 2.45) is 5.41 Å². The van der Waals surface area contributed by atoms with Crippen LogP contribution in [-0.4, -0.2) is 24.8 Å². The first kappa shape index (κ1) is 13.3. The second kappa shape index (κ2) is 5.70. The van der Waals surface area contributed by atoms with Gasteiger partial charge in [0.05, 0.1) is 12.3 Å². The summed E-state index contributed by atoms with van der Waals surface area (Å²) in [6, 6.07) is 6.89. The van der Waals surface area contributed by atoms with Gasteiger partial charge >= 0.3 is 0 Å². The molecule has 1 aliphatic carbocycles. The third-order valence-corrected chi connectivity index (χ3v) is 4.10. The van der Waals surface area contributed by atoms with Gasteiger partial charge in [-0.05, 0) is 31.9 Å². The summed E-state index contributed by atoms with van der Waals surface area (Å²) in [6.45, 7) is 3.76. The van der Waals surface area contributed by atoms with Crippen molar-refractivity contribution < 1.29 is 9.50 Å². The second-order valence-electron chi connectivity index (χ2n) is 5.33. The highest BCUT2D eigenvalue weighted by Gasteiger charge is 2.35. The second-order valence-corrected chi connectivity index (χ2v) is 5.33. The fourth-order valence-corrected chi connectivity index (χ4v) is 2.97. The van der Waals surface area contributed by atoms with Crippen molar-refractivity contribution in [3.8, 4) is 0 Å². The largest absolute Gasteiger partial charge is 0.396 e. The van der Waals surface area contributed by atoms with Crippen LogP contribution in [-0.2, 0) is 0 Å². The van der Waals surface area contributed by atoms with Crippen LogP contribution >= 0.6 is 0 Å². The Bertz CT molecular complexity index is 388. The van der Waals surface area contributed by atoms with Crippen LogP contribution in [0, 0.1) is 11.2 Å². The third kappa shape index (κ3) is 2.66. The highest BCUT2D eigenvalue weighted by Crippen LogP contribution is 2.39. The number of halogens is 1. The van der Waals surface area contributed by atoms with Crippen molar-refractivity contribution in [3.05, 3.63) is 30.1 Å². The summed E-state index contributed by atoms with van der Waals surface area (Å²) in [7, 11) is 0. The molecule has 2 nitrogen and oxygen atoms in total. The molecule has 1 saturated carbocycles. The molecule has 0 aromatic heterocycles. The van der Waals surface area contributed by atoms with E-state index in [-0.39, 0.29) is 17.8 Å². The number of nitrogens with zero attached hydrogens (tertiary/aromatic N) is 1. The van der Waals surface area contributed by atoms with Gasteiger partial charge in [0.1, 0.15) is 5.82 Å². The van der Waals surface area contributed by atoms with Crippen LogP contribution in [0.3, 0.4) is 0 Å². The molecule has 1 N–H and O–H groups in total. The lowest BCUT2D eigenvalue weighted by molar-refractivity contribution is 0.135. The number of benzene rings is 1. The van der Waals surface area contributed by atoms with Crippen molar-refractivity contribution >= 4 is 5.69 Å². The average molecular weight is 251 g/mol. The number of aliphatic hydroxyl groups excluding tert-OH is 1. The Morgan fingerprint density at radius 2 is 1.94 bits per heavy atom. The molecule has 1 fully saturated rings. The summed E-state index contributed by atoms with van der Waals surface area (Å²) in [5, 5.41) is 9.66. The Hall–Kier alpha value is -1.09. The maximum atomic E-state index is 13.8. The van der Waals surface area contributed by atoms with Crippen molar-refractivity contribution in [2.75, 3.05) is 24.6 Å². The molecule has 3 heteroatoms. The molecule has 1 aromatic carbocycles. The lowest BCUT2D eigenvalue weighted by Crippen LogP contribution is -2.39. The molecule has 1 aromatic rings. The first-order chi connectivity index (χ1) is 8.71. The SMILES string of the molecule is CCN(CC1(CO)CCCC1)c1ccccc1F. The molecule has 1 aliphatic rings. The monoisotopic (exact) mass is 251 g/mol. The highest BCUT2D eigenvalue weighted by atomic mass is 19.1. The summed E-state index contributed by atoms with van der Waals surface area (Å²) in [4.78, 5) is 2.05. The minimum absolute atomic E-state index is 0.0295. The number of para-hydroxylation sites is 1. The van der Waals surface area contributed by atoms with E-state index in [9.17, 15) is 9.50 Å². The van der Waals surface area contributed by atoms with Gasteiger partial charge in [-0.2, -0.15) is 0 Å². The Kier molecular flexibility index (Phi) is 4.23. The van der Waals surface area contributed by atoms with Gasteiger partial charge in [0.25, 0.3) is 0 Å². The molecule has 0 spiro atoms. The lowest BCUT2D eigenvalue weighted by Gasteiger charge is -2.35. The van der Waals surface area contributed by atoms with E-state index in [4.69, 9.17) is 0 Å². The minimum atomic E-state index is -0.176. The molecular weight excluding hydrogens is 229 g/mol. The molecular formula is C15H22FNO. The van der Waals surface area contributed by atoms with Crippen molar-refractivity contribution in [3.63, 3.8) is 0 Å². The third-order valence-electron chi connectivity index (χ3n) is 4.10. The molecule has 0 saturated heterocycles. The Labute approximate surface area is 108 Å². The van der Waals surface area contributed by atoms with E-state index in [1.54, 1.807) is 6.07 Å². The van der Waals surface area contributed by atoms with Gasteiger partial charge in [-0.25, -0.2) is 4.39 Å². The van der Waals surface area contributed by atoms with E-state index >= 15 is 0 Å². The summed E-state index contributed by atoms with van der Waals surface area (Å²) in [5.41, 5.74) is 0.623. The van der Waals surface area contributed by atoms with E-state index in [0.29, 0.717) is 5.69 Å². The molecule has 0 amide bonds. The first-order valence-corrected chi connectivity index (χ1v) is 6.81. The quantitative estimate of drug-likeness (QED) is 0.868. The standard InChI is InChI=1S/C15H22FNO/c1-2-17(14-8-4-3-7-13(14)16)11-15(12-18)9-5-6-10-15/h3-4,7-8,18H,2,5-6,9-12H2,1H3. The topological polar surface area (TPSA) is 23.5 Å². The predicted octanol–water partition coefficient (Wildman–Crippen LogP) is 3.20. The van der Waals surface area contributed by atoms with Gasteiger partial charge in [-0.1, -0.05) is 25.0 Å². The van der Waals surface area contributed by atoms with Crippen LogP contribution in [0.2, 0.25) is 0 Å². The molecule has 2 rings (SSSR count). The molecule has 0 atom stereocenters. The first-order valence-electron chi connectivity index (χ1n) is 6.81. The molecule has 0 heterocycles. The van der Waals surface area contributed by atoms with Crippen LogP contribution < -0.4 is 4.90 Å². The van der Waals surface area contributed by atoms with Gasteiger partial charge in [0.2, 0.25) is 0 Å². The molecule has 0 unspecified atom stereocenters. The van der Waals surface area contributed by atoms with E-state index in [2.05, 4.69) is 4.90 Å². The Morgan fingerprint density at radius 3 is 2.50 bits per heavy atom. The predicted molar refractivity (Wildman–Crippen MR) is 72.3 cm³/mol. The zero-order chi connectivity index (χ0) is 13.0. The van der Waals surface area contributed by atoms with Crippen LogP contribution in [0.15, 0.2) is 24.3 Å². The van der Waals surface area contributed by atoms with Crippen LogP contribution in [0.4, 0.5) is 10.1 Å². The average Bonchev–Trinajstić information content (AvgIpc) is 2.86. The van der Waals surface area contributed by atoms with Crippen LogP contribution in [0.1, 0.15) is 32.6 Å². The Balaban J connectivity index is 2.17. The number of anilines is 1. The molecule has 100 valence electrons. The maximum Gasteiger partial charge on any atom is 0.146 e. The summed E-state index contributed by atoms with van der Waals surface area (Å²) in [6.07, 6.45) is 4.45. The maximum absolute atomic E-state index is 13.8. The van der Waals surface area contributed by atoms with Gasteiger partial charge in [-0.15, -0.1) is 0 Å². The van der Waals surface area contributed by atoms with Crippen LogP contribution in [0.5, 0.6) is 0 Å². The van der Waals surface area contributed by atoms with E-state index in [0.717, 1.165) is 25.9 Å². The van der Waals surface area contributed by atoms with Crippen molar-refractivity contribution in [1.29, 1.82) is 0 Å². The van der Waals surface area contributed by atoms with Gasteiger partial charge < -0.3 is 10.0 Å². The Morgan fingerprint density at radius 1 is 1.28 bits per heavy atom. The van der Waals surface area contributed by atoms with Gasteiger partial charge in [0, 0.05) is 18.5 Å². The number of hydrogen-bond acceptors (Lipinski definition) is 2. The highest BCUT2D eigenvalue weighted by molar-refractivity contribution is 5.47. The minimum Gasteiger partial charge on any atom is -0.396 e. The van der Waals surface area contributed by atoms with Gasteiger partial charge in [-0.3, -0.25) is 0 Å².